The summed E-state index contributed by atoms with van der Waals surface area (Å²) in [5.41, 5.74) is 1.12. The molecular weight excluding hydrogens is 282 g/mol. The highest BCUT2D eigenvalue weighted by Gasteiger charge is 2.47. The molecule has 0 amide bonds. The quantitative estimate of drug-likeness (QED) is 0.894. The van der Waals surface area contributed by atoms with Crippen molar-refractivity contribution in [3.63, 3.8) is 0 Å². The van der Waals surface area contributed by atoms with E-state index in [1.165, 1.54) is 0 Å². The maximum absolute atomic E-state index is 9.89. The van der Waals surface area contributed by atoms with Crippen molar-refractivity contribution in [3.05, 3.63) is 23.8 Å². The highest BCUT2D eigenvalue weighted by Crippen LogP contribution is 2.42. The number of rotatable bonds is 5. The minimum atomic E-state index is 0.00432. The molecular formula is C17H25NO4. The van der Waals surface area contributed by atoms with Crippen LogP contribution in [-0.2, 0) is 11.3 Å². The molecule has 0 spiro atoms. The van der Waals surface area contributed by atoms with E-state index in [1.54, 1.807) is 14.2 Å². The third-order valence-corrected chi connectivity index (χ3v) is 5.14. The summed E-state index contributed by atoms with van der Waals surface area (Å²) in [6, 6.07) is 5.89. The number of likely N-dealkylation sites (tertiary alicyclic amines) is 1. The summed E-state index contributed by atoms with van der Waals surface area (Å²) in [5.74, 6) is 2.14. The van der Waals surface area contributed by atoms with Crippen LogP contribution in [0, 0.1) is 11.3 Å². The van der Waals surface area contributed by atoms with Gasteiger partial charge in [-0.15, -0.1) is 0 Å². The van der Waals surface area contributed by atoms with Crippen molar-refractivity contribution >= 4 is 0 Å². The molecule has 0 aromatic heterocycles. The van der Waals surface area contributed by atoms with Gasteiger partial charge in [0.2, 0.25) is 0 Å². The van der Waals surface area contributed by atoms with E-state index in [0.717, 1.165) is 56.3 Å². The molecule has 2 atom stereocenters. The number of nitrogens with zero attached hydrogens (tertiary/aromatic N) is 1. The van der Waals surface area contributed by atoms with E-state index in [1.807, 2.05) is 18.2 Å². The zero-order valence-electron chi connectivity index (χ0n) is 13.4. The summed E-state index contributed by atoms with van der Waals surface area (Å²) in [4.78, 5) is 2.40. The van der Waals surface area contributed by atoms with E-state index in [9.17, 15) is 5.11 Å². The molecule has 0 bridgehead atoms. The third kappa shape index (κ3) is 2.81. The van der Waals surface area contributed by atoms with Crippen molar-refractivity contribution < 1.29 is 19.3 Å². The van der Waals surface area contributed by atoms with Gasteiger partial charge in [0, 0.05) is 43.1 Å². The molecule has 22 heavy (non-hydrogen) atoms. The topological polar surface area (TPSA) is 51.2 Å². The van der Waals surface area contributed by atoms with E-state index in [-0.39, 0.29) is 12.0 Å². The highest BCUT2D eigenvalue weighted by molar-refractivity contribution is 5.40. The third-order valence-electron chi connectivity index (χ3n) is 5.14. The Balaban J connectivity index is 1.77. The molecule has 2 fully saturated rings. The fraction of sp³-hybridized carbons (Fsp3) is 0.647. The molecule has 5 nitrogen and oxygen atoms in total. The molecule has 1 N–H and O–H groups in total. The Morgan fingerprint density at radius 3 is 2.91 bits per heavy atom. The second kappa shape index (κ2) is 6.44. The van der Waals surface area contributed by atoms with Gasteiger partial charge in [0.1, 0.15) is 11.5 Å². The second-order valence-corrected chi connectivity index (χ2v) is 6.39. The smallest absolute Gasteiger partial charge is 0.123 e. The number of ether oxygens (including phenoxy) is 3. The van der Waals surface area contributed by atoms with Crippen molar-refractivity contribution in [2.24, 2.45) is 11.3 Å². The van der Waals surface area contributed by atoms with Crippen molar-refractivity contribution in [1.82, 2.24) is 4.90 Å². The average molecular weight is 307 g/mol. The number of fused-ring (bicyclic) bond motifs is 1. The molecule has 2 heterocycles. The van der Waals surface area contributed by atoms with E-state index < -0.39 is 0 Å². The molecule has 0 aliphatic carbocycles. The van der Waals surface area contributed by atoms with Gasteiger partial charge in [0.05, 0.1) is 27.4 Å². The molecule has 0 saturated carbocycles. The lowest BCUT2D eigenvalue weighted by Gasteiger charge is -2.36. The normalized spacial score (nSPS) is 28.4. The number of hydrogen-bond acceptors (Lipinski definition) is 5. The minimum absolute atomic E-state index is 0.00432. The van der Waals surface area contributed by atoms with Gasteiger partial charge in [0.15, 0.2) is 0 Å². The van der Waals surface area contributed by atoms with Gasteiger partial charge in [0.25, 0.3) is 0 Å². The summed E-state index contributed by atoms with van der Waals surface area (Å²) < 4.78 is 16.4. The second-order valence-electron chi connectivity index (χ2n) is 6.39. The molecule has 2 aliphatic heterocycles. The summed E-state index contributed by atoms with van der Waals surface area (Å²) in [7, 11) is 3.37. The number of hydrogen-bond donors (Lipinski definition) is 1. The first kappa shape index (κ1) is 15.6. The van der Waals surface area contributed by atoms with E-state index in [0.29, 0.717) is 5.92 Å². The van der Waals surface area contributed by atoms with Crippen LogP contribution in [0.5, 0.6) is 11.5 Å². The van der Waals surface area contributed by atoms with E-state index >= 15 is 0 Å². The molecule has 0 unspecified atom stereocenters. The molecule has 2 saturated heterocycles. The van der Waals surface area contributed by atoms with Crippen LogP contribution in [0.3, 0.4) is 0 Å². The lowest BCUT2D eigenvalue weighted by Crippen LogP contribution is -2.41. The zero-order valence-corrected chi connectivity index (χ0v) is 13.4. The van der Waals surface area contributed by atoms with Crippen LogP contribution in [-0.4, -0.2) is 57.1 Å². The van der Waals surface area contributed by atoms with Gasteiger partial charge in [-0.2, -0.15) is 0 Å². The van der Waals surface area contributed by atoms with Crippen molar-refractivity contribution in [2.45, 2.75) is 13.0 Å². The van der Waals surface area contributed by atoms with Crippen LogP contribution < -0.4 is 9.47 Å². The van der Waals surface area contributed by atoms with Crippen LogP contribution >= 0.6 is 0 Å². The SMILES string of the molecule is COc1ccc(OC)c(CN2C[C@@H]3COCC[C@]3(CO)C2)c1. The molecule has 1 aromatic rings. The molecule has 5 heteroatoms. The van der Waals surface area contributed by atoms with Gasteiger partial charge in [-0.1, -0.05) is 0 Å². The maximum Gasteiger partial charge on any atom is 0.123 e. The Hall–Kier alpha value is -1.30. The fourth-order valence-electron chi connectivity index (χ4n) is 3.78. The molecule has 3 rings (SSSR count). The van der Waals surface area contributed by atoms with Crippen LogP contribution in [0.4, 0.5) is 0 Å². The van der Waals surface area contributed by atoms with Gasteiger partial charge >= 0.3 is 0 Å². The zero-order chi connectivity index (χ0) is 15.6. The molecule has 1 aromatic carbocycles. The molecule has 122 valence electrons. The first-order valence-corrected chi connectivity index (χ1v) is 7.82. The van der Waals surface area contributed by atoms with Gasteiger partial charge < -0.3 is 19.3 Å². The summed E-state index contributed by atoms with van der Waals surface area (Å²) in [5, 5.41) is 9.89. The predicted octanol–water partition coefficient (Wildman–Crippen LogP) is 1.53. The maximum atomic E-state index is 9.89. The monoisotopic (exact) mass is 307 g/mol. The number of methoxy groups -OCH3 is 2. The lowest BCUT2D eigenvalue weighted by molar-refractivity contribution is -0.0417. The summed E-state index contributed by atoms with van der Waals surface area (Å²) in [6.45, 7) is 4.43. The predicted molar refractivity (Wildman–Crippen MR) is 83.3 cm³/mol. The highest BCUT2D eigenvalue weighted by atomic mass is 16.5. The Morgan fingerprint density at radius 1 is 1.36 bits per heavy atom. The average Bonchev–Trinajstić information content (AvgIpc) is 2.93. The first-order chi connectivity index (χ1) is 10.7. The summed E-state index contributed by atoms with van der Waals surface area (Å²) in [6.07, 6.45) is 0.944. The van der Waals surface area contributed by atoms with Crippen molar-refractivity contribution in [3.8, 4) is 11.5 Å². The molecule has 2 aliphatic rings. The fourth-order valence-corrected chi connectivity index (χ4v) is 3.78. The van der Waals surface area contributed by atoms with Gasteiger partial charge in [-0.3, -0.25) is 4.90 Å². The van der Waals surface area contributed by atoms with Crippen molar-refractivity contribution in [1.29, 1.82) is 0 Å². The van der Waals surface area contributed by atoms with Crippen LogP contribution in [0.1, 0.15) is 12.0 Å². The Labute approximate surface area is 131 Å². The van der Waals surface area contributed by atoms with E-state index in [4.69, 9.17) is 14.2 Å². The summed E-state index contributed by atoms with van der Waals surface area (Å²) >= 11 is 0. The van der Waals surface area contributed by atoms with Crippen LogP contribution in [0.25, 0.3) is 0 Å². The minimum Gasteiger partial charge on any atom is -0.497 e. The number of aliphatic hydroxyl groups is 1. The Kier molecular flexibility index (Phi) is 4.57. The largest absolute Gasteiger partial charge is 0.497 e. The van der Waals surface area contributed by atoms with Gasteiger partial charge in [-0.25, -0.2) is 0 Å². The molecule has 0 radical (unpaired) electrons. The standard InChI is InChI=1S/C17H25NO4/c1-20-15-3-4-16(21-2)13(7-15)8-18-9-14-10-22-6-5-17(14,11-18)12-19/h3-4,7,14,19H,5-6,8-12H2,1-2H3/t14-,17-/m1/s1. The van der Waals surface area contributed by atoms with Crippen LogP contribution in [0.2, 0.25) is 0 Å². The Bertz CT molecular complexity index is 521. The number of aliphatic hydroxyl groups excluding tert-OH is 1. The number of benzene rings is 1. The van der Waals surface area contributed by atoms with Crippen molar-refractivity contribution in [2.75, 3.05) is 47.1 Å². The lowest BCUT2D eigenvalue weighted by atomic mass is 9.75. The Morgan fingerprint density at radius 2 is 2.23 bits per heavy atom. The van der Waals surface area contributed by atoms with Gasteiger partial charge in [-0.05, 0) is 24.6 Å². The van der Waals surface area contributed by atoms with E-state index in [2.05, 4.69) is 4.90 Å². The first-order valence-electron chi connectivity index (χ1n) is 7.82. The van der Waals surface area contributed by atoms with Crippen LogP contribution in [0.15, 0.2) is 18.2 Å².